The summed E-state index contributed by atoms with van der Waals surface area (Å²) >= 11 is 17.7. The van der Waals surface area contributed by atoms with E-state index in [1.165, 1.54) is 0 Å². The number of hydrogen-bond acceptors (Lipinski definition) is 6. The zero-order chi connectivity index (χ0) is 27.4. The number of rotatable bonds is 4. The van der Waals surface area contributed by atoms with Gasteiger partial charge in [-0.2, -0.15) is 10.2 Å². The Morgan fingerprint density at radius 2 is 1.12 bits per heavy atom. The fourth-order valence-electron chi connectivity index (χ4n) is 4.96. The summed E-state index contributed by atoms with van der Waals surface area (Å²) in [6, 6.07) is 14.2. The van der Waals surface area contributed by atoms with Crippen LogP contribution in [0.5, 0.6) is 0 Å². The van der Waals surface area contributed by atoms with Crippen LogP contribution in [0.4, 0.5) is 0 Å². The molecular weight excluding hydrogens is 583 g/mol. The number of fused-ring (bicyclic) bond motifs is 2. The first-order valence-electron chi connectivity index (χ1n) is 13.1. The second-order valence-electron chi connectivity index (χ2n) is 9.99. The molecule has 8 nitrogen and oxygen atoms in total. The maximum absolute atomic E-state index is 6.47. The van der Waals surface area contributed by atoms with E-state index in [4.69, 9.17) is 36.0 Å². The number of hydrogen-bond donors (Lipinski definition) is 2. The minimum atomic E-state index is 0. The molecule has 0 spiro atoms. The molecule has 2 saturated heterocycles. The zero-order valence-electron chi connectivity index (χ0n) is 22.6. The molecular formula is C28H34Cl2N8S2. The van der Waals surface area contributed by atoms with Gasteiger partial charge in [-0.15, -0.1) is 12.4 Å². The standard InChI is InChI=1S/C28H33ClN8S2.ClH/c1-34-9-13-36(14-10-34)27(38)32-30-18-25-21-5-3-4-6-22(21)26(24-17-20(29)7-8-23(24)25)19-31-33-28(39)37-15-11-35(2)12-16-37;/h3-8,17-19H,9-16H2,1-2H3,(H,32,38)(H,33,39);1H/b30-18+,31-19+;. The van der Waals surface area contributed by atoms with Crippen molar-refractivity contribution in [2.75, 3.05) is 66.5 Å². The highest BCUT2D eigenvalue weighted by atomic mass is 35.5. The van der Waals surface area contributed by atoms with Crippen LogP contribution in [0.25, 0.3) is 21.5 Å². The maximum atomic E-state index is 6.47. The Bertz CT molecular complexity index is 1430. The second-order valence-corrected chi connectivity index (χ2v) is 11.2. The molecule has 212 valence electrons. The van der Waals surface area contributed by atoms with Crippen LogP contribution >= 0.6 is 48.4 Å². The lowest BCUT2D eigenvalue weighted by atomic mass is 9.92. The molecule has 2 fully saturated rings. The highest BCUT2D eigenvalue weighted by molar-refractivity contribution is 7.80. The van der Waals surface area contributed by atoms with Crippen molar-refractivity contribution in [1.82, 2.24) is 30.5 Å². The van der Waals surface area contributed by atoms with E-state index in [0.717, 1.165) is 85.0 Å². The third-order valence-electron chi connectivity index (χ3n) is 7.36. The molecule has 12 heteroatoms. The second kappa shape index (κ2) is 13.8. The largest absolute Gasteiger partial charge is 0.345 e. The van der Waals surface area contributed by atoms with E-state index in [1.54, 1.807) is 0 Å². The predicted molar refractivity (Wildman–Crippen MR) is 179 cm³/mol. The molecule has 0 bridgehead atoms. The van der Waals surface area contributed by atoms with E-state index in [-0.39, 0.29) is 12.4 Å². The number of thiocarbonyl (C=S) groups is 2. The van der Waals surface area contributed by atoms with Crippen molar-refractivity contribution in [1.29, 1.82) is 0 Å². The normalized spacial score (nSPS) is 17.1. The quantitative estimate of drug-likeness (QED) is 0.198. The van der Waals surface area contributed by atoms with Crippen LogP contribution in [0.3, 0.4) is 0 Å². The van der Waals surface area contributed by atoms with Crippen molar-refractivity contribution in [3.05, 3.63) is 58.6 Å². The van der Waals surface area contributed by atoms with E-state index < -0.39 is 0 Å². The van der Waals surface area contributed by atoms with E-state index in [9.17, 15) is 0 Å². The summed E-state index contributed by atoms with van der Waals surface area (Å²) < 4.78 is 0. The Labute approximate surface area is 257 Å². The molecule has 0 radical (unpaired) electrons. The highest BCUT2D eigenvalue weighted by Crippen LogP contribution is 2.33. The number of benzene rings is 3. The van der Waals surface area contributed by atoms with Gasteiger partial charge in [0.05, 0.1) is 12.4 Å². The molecule has 2 aliphatic heterocycles. The van der Waals surface area contributed by atoms with Gasteiger partial charge >= 0.3 is 0 Å². The Hall–Kier alpha value is -2.60. The summed E-state index contributed by atoms with van der Waals surface area (Å²) in [4.78, 5) is 8.90. The van der Waals surface area contributed by atoms with Gasteiger partial charge in [0.15, 0.2) is 10.2 Å². The minimum absolute atomic E-state index is 0. The SMILES string of the molecule is CN1CCN(C(=S)N/N=C/c2c3ccccc3c(/C=N/NC(=S)N3CCN(C)CC3)c3cc(Cl)ccc23)CC1.Cl. The Morgan fingerprint density at radius 1 is 0.700 bits per heavy atom. The van der Waals surface area contributed by atoms with Gasteiger partial charge in [0.1, 0.15) is 0 Å². The van der Waals surface area contributed by atoms with E-state index in [1.807, 2.05) is 42.8 Å². The fourth-order valence-corrected chi connectivity index (χ4v) is 5.60. The van der Waals surface area contributed by atoms with E-state index in [2.05, 4.69) is 66.9 Å². The van der Waals surface area contributed by atoms with Crippen LogP contribution in [0, 0.1) is 0 Å². The van der Waals surface area contributed by atoms with Gasteiger partial charge in [-0.25, -0.2) is 0 Å². The van der Waals surface area contributed by atoms with E-state index in [0.29, 0.717) is 15.2 Å². The average molecular weight is 618 g/mol. The van der Waals surface area contributed by atoms with Gasteiger partial charge in [0, 0.05) is 68.5 Å². The van der Waals surface area contributed by atoms with Gasteiger partial charge in [-0.3, -0.25) is 10.9 Å². The number of piperazine rings is 2. The van der Waals surface area contributed by atoms with Crippen LogP contribution in [0.15, 0.2) is 52.7 Å². The smallest absolute Gasteiger partial charge is 0.189 e. The van der Waals surface area contributed by atoms with Crippen LogP contribution in [0.1, 0.15) is 11.1 Å². The van der Waals surface area contributed by atoms with Gasteiger partial charge in [0.2, 0.25) is 0 Å². The molecule has 40 heavy (non-hydrogen) atoms. The third-order valence-corrected chi connectivity index (χ3v) is 8.29. The first-order valence-corrected chi connectivity index (χ1v) is 14.3. The molecule has 0 unspecified atom stereocenters. The van der Waals surface area contributed by atoms with Crippen molar-refractivity contribution in [2.24, 2.45) is 10.2 Å². The molecule has 0 amide bonds. The number of hydrazone groups is 2. The highest BCUT2D eigenvalue weighted by Gasteiger charge is 2.17. The van der Waals surface area contributed by atoms with Crippen molar-refractivity contribution in [3.63, 3.8) is 0 Å². The molecule has 0 aliphatic carbocycles. The van der Waals surface area contributed by atoms with Gasteiger partial charge < -0.3 is 19.6 Å². The fraction of sp³-hybridized carbons (Fsp3) is 0.357. The Morgan fingerprint density at radius 3 is 1.60 bits per heavy atom. The van der Waals surface area contributed by atoms with Gasteiger partial charge in [-0.1, -0.05) is 41.9 Å². The minimum Gasteiger partial charge on any atom is -0.345 e. The molecule has 0 aromatic heterocycles. The van der Waals surface area contributed by atoms with Crippen molar-refractivity contribution in [3.8, 4) is 0 Å². The lowest BCUT2D eigenvalue weighted by Gasteiger charge is -2.33. The van der Waals surface area contributed by atoms with Crippen molar-refractivity contribution in [2.45, 2.75) is 0 Å². The monoisotopic (exact) mass is 616 g/mol. The maximum Gasteiger partial charge on any atom is 0.189 e. The zero-order valence-corrected chi connectivity index (χ0v) is 25.8. The molecule has 2 aliphatic rings. The van der Waals surface area contributed by atoms with Gasteiger partial charge in [0.25, 0.3) is 0 Å². The van der Waals surface area contributed by atoms with Crippen molar-refractivity contribution >= 4 is 92.6 Å². The number of nitrogens with zero attached hydrogens (tertiary/aromatic N) is 6. The van der Waals surface area contributed by atoms with Crippen LogP contribution in [0.2, 0.25) is 5.02 Å². The molecule has 5 rings (SSSR count). The molecule has 3 aromatic carbocycles. The summed E-state index contributed by atoms with van der Waals surface area (Å²) in [5.41, 5.74) is 8.10. The summed E-state index contributed by atoms with van der Waals surface area (Å²) in [6.07, 6.45) is 3.69. The molecule has 0 atom stereocenters. The lowest BCUT2D eigenvalue weighted by molar-refractivity contribution is 0.214. The number of nitrogens with one attached hydrogen (secondary N) is 2. The third kappa shape index (κ3) is 6.99. The molecule has 0 saturated carbocycles. The first kappa shape index (κ1) is 30.4. The summed E-state index contributed by atoms with van der Waals surface area (Å²) in [6.45, 7) is 7.50. The molecule has 3 aromatic rings. The molecule has 2 N–H and O–H groups in total. The first-order chi connectivity index (χ1) is 18.9. The number of likely N-dealkylation sites (N-methyl/N-ethyl adjacent to an activating group) is 2. The summed E-state index contributed by atoms with van der Waals surface area (Å²) in [5.74, 6) is 0. The molecule has 2 heterocycles. The van der Waals surface area contributed by atoms with Crippen LogP contribution < -0.4 is 10.9 Å². The predicted octanol–water partition coefficient (Wildman–Crippen LogP) is 3.98. The Kier molecular flexibility index (Phi) is 10.5. The topological polar surface area (TPSA) is 61.7 Å². The lowest BCUT2D eigenvalue weighted by Crippen LogP contribution is -2.49. The average Bonchev–Trinajstić information content (AvgIpc) is 2.94. The van der Waals surface area contributed by atoms with Crippen LogP contribution in [-0.2, 0) is 0 Å². The van der Waals surface area contributed by atoms with E-state index >= 15 is 0 Å². The van der Waals surface area contributed by atoms with Crippen molar-refractivity contribution < 1.29 is 0 Å². The Balaban J connectivity index is 0.00000370. The van der Waals surface area contributed by atoms with Crippen LogP contribution in [-0.4, -0.2) is 109 Å². The number of halogens is 2. The summed E-state index contributed by atoms with van der Waals surface area (Å²) in [5, 5.41) is 15.2. The van der Waals surface area contributed by atoms with Gasteiger partial charge in [-0.05, 0) is 72.2 Å². The summed E-state index contributed by atoms with van der Waals surface area (Å²) in [7, 11) is 4.25.